The number of aliphatic carboxylic acids is 1. The number of benzene rings is 1. The lowest BCUT2D eigenvalue weighted by Gasteiger charge is -2.16. The van der Waals surface area contributed by atoms with Crippen LogP contribution in [0.3, 0.4) is 0 Å². The van der Waals surface area contributed by atoms with Gasteiger partial charge in [0.25, 0.3) is 0 Å². The molecule has 7 heteroatoms. The number of carboxylic acids is 1. The molecular formula is C11H11NO6. The Labute approximate surface area is 100 Å². The molecule has 18 heavy (non-hydrogen) atoms. The summed E-state index contributed by atoms with van der Waals surface area (Å²) in [5.41, 5.74) is 0.974. The number of aromatic nitrogens is 1. The number of rotatable bonds is 4. The standard InChI is InChI=1S/C11H11NO6/c13-7(4-9(14)15)10(16)5-1-2-6-8(3-5)18-11(17)12-6/h1-3,7,10,13,16H,4H2,(H,12,17)(H,14,15). The fourth-order valence-corrected chi connectivity index (χ4v) is 1.66. The molecule has 0 aliphatic heterocycles. The first-order chi connectivity index (χ1) is 8.47. The molecule has 7 nitrogen and oxygen atoms in total. The van der Waals surface area contributed by atoms with E-state index in [1.54, 1.807) is 0 Å². The molecule has 0 saturated heterocycles. The van der Waals surface area contributed by atoms with Gasteiger partial charge in [-0.3, -0.25) is 9.78 Å². The second-order valence-electron chi connectivity index (χ2n) is 3.88. The quantitative estimate of drug-likeness (QED) is 0.607. The maximum absolute atomic E-state index is 10.9. The average molecular weight is 253 g/mol. The van der Waals surface area contributed by atoms with E-state index in [0.29, 0.717) is 5.52 Å². The first-order valence-electron chi connectivity index (χ1n) is 5.18. The van der Waals surface area contributed by atoms with E-state index in [-0.39, 0.29) is 11.1 Å². The third kappa shape index (κ3) is 2.41. The molecule has 0 bridgehead atoms. The fourth-order valence-electron chi connectivity index (χ4n) is 1.66. The number of nitrogens with one attached hydrogen (secondary N) is 1. The summed E-state index contributed by atoms with van der Waals surface area (Å²) in [6, 6.07) is 4.36. The molecule has 2 rings (SSSR count). The minimum absolute atomic E-state index is 0.235. The number of carbonyl (C=O) groups is 1. The van der Waals surface area contributed by atoms with Crippen molar-refractivity contribution in [3.8, 4) is 0 Å². The Balaban J connectivity index is 2.29. The lowest BCUT2D eigenvalue weighted by molar-refractivity contribution is -0.141. The SMILES string of the molecule is O=C(O)CC(O)C(O)c1ccc2[nH]c(=O)oc2c1. The van der Waals surface area contributed by atoms with E-state index in [1.807, 2.05) is 0 Å². The smallest absolute Gasteiger partial charge is 0.417 e. The molecule has 0 amide bonds. The molecule has 0 saturated carbocycles. The molecule has 1 aromatic heterocycles. The van der Waals surface area contributed by atoms with Crippen LogP contribution in [0.25, 0.3) is 11.1 Å². The highest BCUT2D eigenvalue weighted by Gasteiger charge is 2.21. The van der Waals surface area contributed by atoms with Gasteiger partial charge in [-0.25, -0.2) is 4.79 Å². The summed E-state index contributed by atoms with van der Waals surface area (Å²) >= 11 is 0. The van der Waals surface area contributed by atoms with Gasteiger partial charge in [0.1, 0.15) is 6.10 Å². The van der Waals surface area contributed by atoms with Crippen LogP contribution in [0.2, 0.25) is 0 Å². The van der Waals surface area contributed by atoms with Crippen LogP contribution >= 0.6 is 0 Å². The topological polar surface area (TPSA) is 124 Å². The highest BCUT2D eigenvalue weighted by molar-refractivity contribution is 5.73. The van der Waals surface area contributed by atoms with E-state index in [4.69, 9.17) is 9.52 Å². The van der Waals surface area contributed by atoms with Crippen molar-refractivity contribution < 1.29 is 24.5 Å². The van der Waals surface area contributed by atoms with Crippen LogP contribution in [-0.2, 0) is 4.79 Å². The largest absolute Gasteiger partial charge is 0.481 e. The van der Waals surface area contributed by atoms with Gasteiger partial charge in [-0.1, -0.05) is 6.07 Å². The van der Waals surface area contributed by atoms with Crippen molar-refractivity contribution in [3.05, 3.63) is 34.3 Å². The molecule has 0 aliphatic rings. The number of aromatic amines is 1. The monoisotopic (exact) mass is 253 g/mol. The Morgan fingerprint density at radius 1 is 1.39 bits per heavy atom. The predicted octanol–water partition coefficient (Wildman–Crippen LogP) is -0.00990. The molecule has 2 atom stereocenters. The van der Waals surface area contributed by atoms with Gasteiger partial charge in [-0.05, 0) is 17.7 Å². The summed E-state index contributed by atoms with van der Waals surface area (Å²) in [5, 5.41) is 27.8. The number of aliphatic hydroxyl groups is 2. The second-order valence-corrected chi connectivity index (χ2v) is 3.88. The molecule has 2 unspecified atom stereocenters. The van der Waals surface area contributed by atoms with E-state index in [9.17, 15) is 19.8 Å². The van der Waals surface area contributed by atoms with Gasteiger partial charge < -0.3 is 19.7 Å². The summed E-state index contributed by atoms with van der Waals surface area (Å²) in [6.07, 6.45) is -3.35. The van der Waals surface area contributed by atoms with Crippen LogP contribution in [-0.4, -0.2) is 32.4 Å². The zero-order chi connectivity index (χ0) is 13.3. The van der Waals surface area contributed by atoms with Crippen LogP contribution in [0.15, 0.2) is 27.4 Å². The minimum Gasteiger partial charge on any atom is -0.481 e. The van der Waals surface area contributed by atoms with Gasteiger partial charge >= 0.3 is 11.7 Å². The predicted molar refractivity (Wildman–Crippen MR) is 60.1 cm³/mol. The summed E-state index contributed by atoms with van der Waals surface area (Å²) in [5.74, 6) is -1.83. The second kappa shape index (κ2) is 4.63. The maximum Gasteiger partial charge on any atom is 0.417 e. The Bertz CT molecular complexity index is 628. The third-order valence-corrected chi connectivity index (χ3v) is 2.53. The van der Waals surface area contributed by atoms with Crippen LogP contribution in [0.4, 0.5) is 0 Å². The van der Waals surface area contributed by atoms with E-state index in [0.717, 1.165) is 0 Å². The van der Waals surface area contributed by atoms with Crippen LogP contribution in [0.5, 0.6) is 0 Å². The number of hydrogen-bond donors (Lipinski definition) is 4. The van der Waals surface area contributed by atoms with Crippen molar-refractivity contribution >= 4 is 17.1 Å². The molecule has 4 N–H and O–H groups in total. The normalized spacial score (nSPS) is 14.6. The van der Waals surface area contributed by atoms with E-state index < -0.39 is 30.4 Å². The molecule has 1 heterocycles. The number of hydrogen-bond acceptors (Lipinski definition) is 5. The molecule has 0 aliphatic carbocycles. The number of aliphatic hydroxyl groups excluding tert-OH is 2. The zero-order valence-corrected chi connectivity index (χ0v) is 9.16. The Morgan fingerprint density at radius 3 is 2.78 bits per heavy atom. The Kier molecular flexibility index (Phi) is 3.17. The molecule has 96 valence electrons. The highest BCUT2D eigenvalue weighted by Crippen LogP contribution is 2.22. The molecule has 0 spiro atoms. The summed E-state index contributed by atoms with van der Waals surface area (Å²) < 4.78 is 4.80. The molecule has 1 aromatic carbocycles. The van der Waals surface area contributed by atoms with Gasteiger partial charge in [0.05, 0.1) is 18.0 Å². The molecular weight excluding hydrogens is 242 g/mol. The van der Waals surface area contributed by atoms with Gasteiger partial charge in [-0.15, -0.1) is 0 Å². The van der Waals surface area contributed by atoms with Crippen LogP contribution in [0.1, 0.15) is 18.1 Å². The minimum atomic E-state index is -1.43. The van der Waals surface area contributed by atoms with Gasteiger partial charge in [0.15, 0.2) is 5.58 Å². The van der Waals surface area contributed by atoms with E-state index in [2.05, 4.69) is 4.98 Å². The Hall–Kier alpha value is -2.12. The zero-order valence-electron chi connectivity index (χ0n) is 9.16. The average Bonchev–Trinajstić information content (AvgIpc) is 2.65. The van der Waals surface area contributed by atoms with Gasteiger partial charge in [0, 0.05) is 0 Å². The maximum atomic E-state index is 10.9. The highest BCUT2D eigenvalue weighted by atomic mass is 16.4. The third-order valence-electron chi connectivity index (χ3n) is 2.53. The van der Waals surface area contributed by atoms with Crippen molar-refractivity contribution in [3.63, 3.8) is 0 Å². The van der Waals surface area contributed by atoms with Crippen molar-refractivity contribution in [2.45, 2.75) is 18.6 Å². The van der Waals surface area contributed by atoms with Crippen molar-refractivity contribution in [2.24, 2.45) is 0 Å². The van der Waals surface area contributed by atoms with Crippen LogP contribution in [0, 0.1) is 0 Å². The van der Waals surface area contributed by atoms with Gasteiger partial charge in [-0.2, -0.15) is 0 Å². The lowest BCUT2D eigenvalue weighted by atomic mass is 10.0. The first-order valence-corrected chi connectivity index (χ1v) is 5.18. The Morgan fingerprint density at radius 2 is 2.11 bits per heavy atom. The molecule has 0 radical (unpaired) electrons. The van der Waals surface area contributed by atoms with Crippen molar-refractivity contribution in [2.75, 3.05) is 0 Å². The summed E-state index contributed by atoms with van der Waals surface area (Å²) in [6.45, 7) is 0. The van der Waals surface area contributed by atoms with Gasteiger partial charge in [0.2, 0.25) is 0 Å². The van der Waals surface area contributed by atoms with E-state index in [1.165, 1.54) is 18.2 Å². The number of fused-ring (bicyclic) bond motifs is 1. The fraction of sp³-hybridized carbons (Fsp3) is 0.273. The lowest BCUT2D eigenvalue weighted by Crippen LogP contribution is -2.21. The van der Waals surface area contributed by atoms with Crippen molar-refractivity contribution in [1.29, 1.82) is 0 Å². The first kappa shape index (κ1) is 12.3. The van der Waals surface area contributed by atoms with Crippen molar-refractivity contribution in [1.82, 2.24) is 4.98 Å². The van der Waals surface area contributed by atoms with Crippen LogP contribution < -0.4 is 5.76 Å². The summed E-state index contributed by atoms with van der Waals surface area (Å²) in [7, 11) is 0. The number of carboxylic acid groups (broad SMARTS) is 1. The number of oxazole rings is 1. The molecule has 0 fully saturated rings. The number of H-pyrrole nitrogens is 1. The summed E-state index contributed by atoms with van der Waals surface area (Å²) in [4.78, 5) is 23.8. The molecule has 2 aromatic rings. The van der Waals surface area contributed by atoms with E-state index >= 15 is 0 Å².